The van der Waals surface area contributed by atoms with E-state index in [-0.39, 0.29) is 0 Å². The van der Waals surface area contributed by atoms with E-state index in [1.54, 1.807) is 11.3 Å². The van der Waals surface area contributed by atoms with Gasteiger partial charge in [-0.2, -0.15) is 0 Å². The van der Waals surface area contributed by atoms with Crippen LogP contribution < -0.4 is 5.32 Å². The Kier molecular flexibility index (Phi) is 4.50. The highest BCUT2D eigenvalue weighted by atomic mass is 32.1. The summed E-state index contributed by atoms with van der Waals surface area (Å²) in [5, 5.41) is 6.84. The molecule has 0 saturated carbocycles. The van der Waals surface area contributed by atoms with Gasteiger partial charge in [-0.1, -0.05) is 37.3 Å². The van der Waals surface area contributed by atoms with E-state index in [1.165, 1.54) is 10.6 Å². The molecule has 2 nitrogen and oxygen atoms in total. The van der Waals surface area contributed by atoms with Crippen molar-refractivity contribution < 1.29 is 0 Å². The molecular weight excluding hydrogens is 240 g/mol. The summed E-state index contributed by atoms with van der Waals surface area (Å²) in [4.78, 5) is 4.52. The lowest BCUT2D eigenvalue weighted by Gasteiger charge is -2.16. The summed E-state index contributed by atoms with van der Waals surface area (Å²) >= 11 is 1.73. The lowest BCUT2D eigenvalue weighted by Crippen LogP contribution is -2.23. The molecule has 0 aliphatic heterocycles. The van der Waals surface area contributed by atoms with Gasteiger partial charge < -0.3 is 5.32 Å². The predicted octanol–water partition coefficient (Wildman–Crippen LogP) is 3.91. The minimum atomic E-state index is 0.329. The average Bonchev–Trinajstić information content (AvgIpc) is 2.83. The molecule has 0 aliphatic carbocycles. The zero-order chi connectivity index (χ0) is 13.0. The molecule has 18 heavy (non-hydrogen) atoms. The van der Waals surface area contributed by atoms with E-state index in [9.17, 15) is 0 Å². The molecular formula is C15H20N2S. The number of hydrogen-bond donors (Lipinski definition) is 1. The molecule has 0 radical (unpaired) electrons. The fraction of sp³-hybridized carbons (Fsp3) is 0.400. The molecule has 0 amide bonds. The van der Waals surface area contributed by atoms with E-state index in [0.717, 1.165) is 12.2 Å². The summed E-state index contributed by atoms with van der Waals surface area (Å²) in [7, 11) is 0. The minimum Gasteiger partial charge on any atom is -0.308 e. The third-order valence-electron chi connectivity index (χ3n) is 3.11. The molecule has 1 heterocycles. The molecule has 3 heteroatoms. The van der Waals surface area contributed by atoms with Gasteiger partial charge in [0.25, 0.3) is 0 Å². The number of thiazole rings is 1. The van der Waals surface area contributed by atoms with Crippen molar-refractivity contribution in [3.05, 3.63) is 52.0 Å². The Labute approximate surface area is 113 Å². The number of hydrogen-bond acceptors (Lipinski definition) is 3. The second kappa shape index (κ2) is 6.12. The van der Waals surface area contributed by atoms with Gasteiger partial charge in [0.05, 0.1) is 6.04 Å². The maximum absolute atomic E-state index is 4.52. The molecule has 0 bridgehead atoms. The number of rotatable bonds is 5. The first-order valence-corrected chi connectivity index (χ1v) is 7.25. The molecule has 1 N–H and O–H groups in total. The molecule has 1 aromatic carbocycles. The Balaban J connectivity index is 1.88. The van der Waals surface area contributed by atoms with Gasteiger partial charge in [0.1, 0.15) is 5.01 Å². The van der Waals surface area contributed by atoms with E-state index in [4.69, 9.17) is 0 Å². The number of aromatic nitrogens is 1. The topological polar surface area (TPSA) is 24.9 Å². The quantitative estimate of drug-likeness (QED) is 0.881. The molecule has 0 spiro atoms. The zero-order valence-corrected chi connectivity index (χ0v) is 12.0. The average molecular weight is 260 g/mol. The van der Waals surface area contributed by atoms with Crippen molar-refractivity contribution >= 4 is 11.3 Å². The summed E-state index contributed by atoms with van der Waals surface area (Å²) < 4.78 is 0. The molecule has 1 aromatic heterocycles. The first-order valence-electron chi connectivity index (χ1n) is 6.37. The SMILES string of the molecule is Cc1csc(C(C)NCC(C)c2ccccc2)n1. The lowest BCUT2D eigenvalue weighted by molar-refractivity contribution is 0.535. The number of benzene rings is 1. The minimum absolute atomic E-state index is 0.329. The summed E-state index contributed by atoms with van der Waals surface area (Å²) in [6.45, 7) is 7.45. The van der Waals surface area contributed by atoms with Gasteiger partial charge in [-0.05, 0) is 25.3 Å². The van der Waals surface area contributed by atoms with Crippen LogP contribution in [-0.2, 0) is 0 Å². The molecule has 0 saturated heterocycles. The maximum atomic E-state index is 4.52. The van der Waals surface area contributed by atoms with Crippen molar-refractivity contribution in [3.8, 4) is 0 Å². The Bertz CT molecular complexity index is 478. The van der Waals surface area contributed by atoms with E-state index in [1.807, 2.05) is 6.92 Å². The van der Waals surface area contributed by atoms with Gasteiger partial charge in [0.15, 0.2) is 0 Å². The van der Waals surface area contributed by atoms with Crippen molar-refractivity contribution in [1.29, 1.82) is 0 Å². The monoisotopic (exact) mass is 260 g/mol. The van der Waals surface area contributed by atoms with E-state index < -0.39 is 0 Å². The molecule has 96 valence electrons. The molecule has 2 aromatic rings. The Morgan fingerprint density at radius 3 is 2.56 bits per heavy atom. The van der Waals surface area contributed by atoms with Gasteiger partial charge in [0.2, 0.25) is 0 Å². The number of nitrogens with zero attached hydrogens (tertiary/aromatic N) is 1. The lowest BCUT2D eigenvalue weighted by atomic mass is 10.0. The van der Waals surface area contributed by atoms with Gasteiger partial charge in [-0.25, -0.2) is 4.98 Å². The van der Waals surface area contributed by atoms with Gasteiger partial charge in [-0.15, -0.1) is 11.3 Å². The second-order valence-electron chi connectivity index (χ2n) is 4.77. The first kappa shape index (κ1) is 13.2. The largest absolute Gasteiger partial charge is 0.308 e. The van der Waals surface area contributed by atoms with Gasteiger partial charge in [0, 0.05) is 17.6 Å². The van der Waals surface area contributed by atoms with Crippen LogP contribution in [0.15, 0.2) is 35.7 Å². The maximum Gasteiger partial charge on any atom is 0.110 e. The molecule has 2 unspecified atom stereocenters. The van der Waals surface area contributed by atoms with Gasteiger partial charge in [-0.3, -0.25) is 0 Å². The van der Waals surface area contributed by atoms with Crippen LogP contribution in [0.4, 0.5) is 0 Å². The van der Waals surface area contributed by atoms with E-state index in [0.29, 0.717) is 12.0 Å². The highest BCUT2D eigenvalue weighted by Crippen LogP contribution is 2.19. The van der Waals surface area contributed by atoms with E-state index in [2.05, 4.69) is 59.9 Å². The van der Waals surface area contributed by atoms with Crippen LogP contribution >= 0.6 is 11.3 Å². The zero-order valence-electron chi connectivity index (χ0n) is 11.2. The second-order valence-corrected chi connectivity index (χ2v) is 5.66. The molecule has 2 rings (SSSR count). The normalized spacial score (nSPS) is 14.4. The summed E-state index contributed by atoms with van der Waals surface area (Å²) in [5.41, 5.74) is 2.49. The summed E-state index contributed by atoms with van der Waals surface area (Å²) in [6, 6.07) is 11.0. The highest BCUT2D eigenvalue weighted by molar-refractivity contribution is 7.09. The number of nitrogens with one attached hydrogen (secondary N) is 1. The third kappa shape index (κ3) is 3.40. The molecule has 2 atom stereocenters. The molecule has 0 aliphatic rings. The van der Waals surface area contributed by atoms with Crippen LogP contribution in [0.2, 0.25) is 0 Å². The first-order chi connectivity index (χ1) is 8.66. The van der Waals surface area contributed by atoms with Gasteiger partial charge >= 0.3 is 0 Å². The van der Waals surface area contributed by atoms with Crippen LogP contribution in [0, 0.1) is 6.92 Å². The van der Waals surface area contributed by atoms with Crippen LogP contribution in [-0.4, -0.2) is 11.5 Å². The fourth-order valence-electron chi connectivity index (χ4n) is 1.91. The van der Waals surface area contributed by atoms with Crippen LogP contribution in [0.1, 0.15) is 42.1 Å². The van der Waals surface area contributed by atoms with E-state index >= 15 is 0 Å². The molecule has 0 fully saturated rings. The van der Waals surface area contributed by atoms with Crippen molar-refractivity contribution in [2.75, 3.05) is 6.54 Å². The smallest absolute Gasteiger partial charge is 0.110 e. The highest BCUT2D eigenvalue weighted by Gasteiger charge is 2.11. The van der Waals surface area contributed by atoms with Crippen molar-refractivity contribution in [2.45, 2.75) is 32.7 Å². The summed E-state index contributed by atoms with van der Waals surface area (Å²) in [6.07, 6.45) is 0. The van der Waals surface area contributed by atoms with Crippen molar-refractivity contribution in [1.82, 2.24) is 10.3 Å². The van der Waals surface area contributed by atoms with Crippen molar-refractivity contribution in [3.63, 3.8) is 0 Å². The van der Waals surface area contributed by atoms with Crippen molar-refractivity contribution in [2.24, 2.45) is 0 Å². The Morgan fingerprint density at radius 2 is 1.94 bits per heavy atom. The Hall–Kier alpha value is -1.19. The number of aryl methyl sites for hydroxylation is 1. The fourth-order valence-corrected chi connectivity index (χ4v) is 2.74. The van der Waals surface area contributed by atoms with Crippen LogP contribution in [0.25, 0.3) is 0 Å². The standard InChI is InChI=1S/C15H20N2S/c1-11(14-7-5-4-6-8-14)9-16-13(3)15-17-12(2)10-18-15/h4-8,10-11,13,16H,9H2,1-3H3. The predicted molar refractivity (Wildman–Crippen MR) is 78.1 cm³/mol. The Morgan fingerprint density at radius 1 is 1.22 bits per heavy atom. The van der Waals surface area contributed by atoms with Crippen LogP contribution in [0.3, 0.4) is 0 Å². The third-order valence-corrected chi connectivity index (χ3v) is 4.25. The van der Waals surface area contributed by atoms with Crippen LogP contribution in [0.5, 0.6) is 0 Å². The summed E-state index contributed by atoms with van der Waals surface area (Å²) in [5.74, 6) is 0.523.